The predicted octanol–water partition coefficient (Wildman–Crippen LogP) is 5.78. The zero-order valence-electron chi connectivity index (χ0n) is 16.7. The lowest BCUT2D eigenvalue weighted by molar-refractivity contribution is 0.102. The number of aromatic nitrogens is 1. The van der Waals surface area contributed by atoms with Crippen molar-refractivity contribution < 1.29 is 9.53 Å². The fraction of sp³-hybridized carbons (Fsp3) is 0.120. The Hall–Kier alpha value is -3.66. The third-order valence-corrected chi connectivity index (χ3v) is 5.11. The molecule has 4 nitrogen and oxygen atoms in total. The van der Waals surface area contributed by atoms with Crippen molar-refractivity contribution in [2.75, 3.05) is 12.4 Å². The first kappa shape index (κ1) is 18.7. The second-order valence-corrected chi connectivity index (χ2v) is 7.05. The van der Waals surface area contributed by atoms with Gasteiger partial charge in [0.1, 0.15) is 5.75 Å². The van der Waals surface area contributed by atoms with Crippen molar-refractivity contribution in [3.63, 3.8) is 0 Å². The highest BCUT2D eigenvalue weighted by Crippen LogP contribution is 2.27. The lowest BCUT2D eigenvalue weighted by atomic mass is 10.0. The summed E-state index contributed by atoms with van der Waals surface area (Å²) >= 11 is 0. The molecule has 0 bridgehead atoms. The average molecular weight is 382 g/mol. The molecule has 1 heterocycles. The summed E-state index contributed by atoms with van der Waals surface area (Å²) in [4.78, 5) is 17.9. The number of pyridine rings is 1. The number of aryl methyl sites for hydroxylation is 2. The minimum atomic E-state index is -0.168. The molecule has 4 rings (SSSR count). The van der Waals surface area contributed by atoms with Gasteiger partial charge in [-0.15, -0.1) is 0 Å². The van der Waals surface area contributed by atoms with Crippen LogP contribution in [0.25, 0.3) is 22.2 Å². The lowest BCUT2D eigenvalue weighted by Gasteiger charge is -2.12. The third-order valence-electron chi connectivity index (χ3n) is 5.11. The van der Waals surface area contributed by atoms with Crippen molar-refractivity contribution in [2.24, 2.45) is 0 Å². The van der Waals surface area contributed by atoms with Crippen molar-refractivity contribution in [2.45, 2.75) is 13.8 Å². The Labute approximate surface area is 170 Å². The molecule has 144 valence electrons. The number of hydrogen-bond acceptors (Lipinski definition) is 3. The monoisotopic (exact) mass is 382 g/mol. The minimum absolute atomic E-state index is 0.168. The van der Waals surface area contributed by atoms with Gasteiger partial charge >= 0.3 is 0 Å². The average Bonchev–Trinajstić information content (AvgIpc) is 2.75. The second-order valence-electron chi connectivity index (χ2n) is 7.05. The Morgan fingerprint density at radius 3 is 2.38 bits per heavy atom. The van der Waals surface area contributed by atoms with Gasteiger partial charge < -0.3 is 10.1 Å². The summed E-state index contributed by atoms with van der Waals surface area (Å²) in [5.74, 6) is 0.577. The van der Waals surface area contributed by atoms with Gasteiger partial charge in [-0.05, 0) is 67.4 Å². The van der Waals surface area contributed by atoms with Gasteiger partial charge in [-0.2, -0.15) is 0 Å². The van der Waals surface area contributed by atoms with Crippen molar-refractivity contribution in [3.8, 4) is 17.0 Å². The van der Waals surface area contributed by atoms with Crippen LogP contribution in [0.4, 0.5) is 5.69 Å². The first-order valence-corrected chi connectivity index (χ1v) is 9.48. The lowest BCUT2D eigenvalue weighted by Crippen LogP contribution is -2.13. The number of nitrogens with one attached hydrogen (secondary N) is 1. The van der Waals surface area contributed by atoms with Crippen LogP contribution < -0.4 is 10.1 Å². The van der Waals surface area contributed by atoms with Gasteiger partial charge in [0, 0.05) is 16.6 Å². The normalized spacial score (nSPS) is 10.7. The van der Waals surface area contributed by atoms with E-state index in [0.29, 0.717) is 11.3 Å². The highest BCUT2D eigenvalue weighted by molar-refractivity contribution is 6.13. The number of hydrogen-bond donors (Lipinski definition) is 1. The van der Waals surface area contributed by atoms with E-state index in [4.69, 9.17) is 9.72 Å². The van der Waals surface area contributed by atoms with Crippen LogP contribution in [0.1, 0.15) is 21.5 Å². The van der Waals surface area contributed by atoms with E-state index in [-0.39, 0.29) is 5.91 Å². The quantitative estimate of drug-likeness (QED) is 0.487. The van der Waals surface area contributed by atoms with Gasteiger partial charge in [-0.25, -0.2) is 4.98 Å². The molecular weight excluding hydrogens is 360 g/mol. The molecule has 4 aromatic rings. The molecule has 29 heavy (non-hydrogen) atoms. The number of rotatable bonds is 4. The number of carbonyl (C=O) groups is 1. The van der Waals surface area contributed by atoms with Crippen LogP contribution in [0, 0.1) is 13.8 Å². The first-order chi connectivity index (χ1) is 14.0. The molecule has 1 N–H and O–H groups in total. The fourth-order valence-electron chi connectivity index (χ4n) is 3.28. The molecule has 4 heteroatoms. The number of benzene rings is 3. The minimum Gasteiger partial charge on any atom is -0.497 e. The molecule has 0 saturated heterocycles. The third kappa shape index (κ3) is 3.83. The molecule has 0 fully saturated rings. The summed E-state index contributed by atoms with van der Waals surface area (Å²) < 4.78 is 5.18. The molecule has 0 saturated carbocycles. The summed E-state index contributed by atoms with van der Waals surface area (Å²) in [6, 6.07) is 23.1. The maximum absolute atomic E-state index is 13.1. The van der Waals surface area contributed by atoms with Gasteiger partial charge in [0.05, 0.1) is 23.9 Å². The van der Waals surface area contributed by atoms with Gasteiger partial charge in [0.2, 0.25) is 0 Å². The zero-order valence-corrected chi connectivity index (χ0v) is 16.7. The van der Waals surface area contributed by atoms with Gasteiger partial charge in [-0.3, -0.25) is 4.79 Å². The number of anilines is 1. The van der Waals surface area contributed by atoms with Crippen molar-refractivity contribution >= 4 is 22.5 Å². The number of nitrogens with zero attached hydrogens (tertiary/aromatic N) is 1. The predicted molar refractivity (Wildman–Crippen MR) is 118 cm³/mol. The maximum atomic E-state index is 13.1. The van der Waals surface area contributed by atoms with E-state index in [0.717, 1.165) is 27.9 Å². The molecule has 1 amide bonds. The van der Waals surface area contributed by atoms with E-state index in [9.17, 15) is 4.79 Å². The Morgan fingerprint density at radius 1 is 0.897 bits per heavy atom. The summed E-state index contributed by atoms with van der Waals surface area (Å²) in [5.41, 5.74) is 6.31. The Morgan fingerprint density at radius 2 is 1.66 bits per heavy atom. The van der Waals surface area contributed by atoms with E-state index in [2.05, 4.69) is 31.3 Å². The van der Waals surface area contributed by atoms with E-state index in [1.165, 1.54) is 11.1 Å². The highest BCUT2D eigenvalue weighted by atomic mass is 16.5. The van der Waals surface area contributed by atoms with E-state index < -0.39 is 0 Å². The molecule has 0 radical (unpaired) electrons. The number of amides is 1. The second kappa shape index (κ2) is 7.76. The van der Waals surface area contributed by atoms with Crippen molar-refractivity contribution in [3.05, 3.63) is 89.5 Å². The molecule has 0 unspecified atom stereocenters. The molecule has 0 spiro atoms. The molecular formula is C25H22N2O2. The number of para-hydroxylation sites is 1. The van der Waals surface area contributed by atoms with Crippen LogP contribution in [-0.2, 0) is 0 Å². The molecule has 0 aliphatic rings. The van der Waals surface area contributed by atoms with Crippen LogP contribution in [-0.4, -0.2) is 18.0 Å². The molecule has 3 aromatic carbocycles. The van der Waals surface area contributed by atoms with Crippen LogP contribution in [0.15, 0.2) is 72.8 Å². The van der Waals surface area contributed by atoms with E-state index >= 15 is 0 Å². The first-order valence-electron chi connectivity index (χ1n) is 9.48. The summed E-state index contributed by atoms with van der Waals surface area (Å²) in [7, 11) is 1.62. The topological polar surface area (TPSA) is 51.2 Å². The van der Waals surface area contributed by atoms with Crippen LogP contribution in [0.3, 0.4) is 0 Å². The Balaban J connectivity index is 1.77. The number of fused-ring (bicyclic) bond motifs is 1. The standard InChI is InChI=1S/C25H22N2O2/c1-16-8-9-18(14-17(16)2)24-15-22(21-6-4-5-7-23(21)27-24)25(28)26-19-10-12-20(29-3)13-11-19/h4-15H,1-3H3,(H,26,28). The largest absolute Gasteiger partial charge is 0.497 e. The van der Waals surface area contributed by atoms with Gasteiger partial charge in [-0.1, -0.05) is 30.3 Å². The van der Waals surface area contributed by atoms with E-state index in [1.54, 1.807) is 7.11 Å². The van der Waals surface area contributed by atoms with Crippen LogP contribution in [0.5, 0.6) is 5.75 Å². The number of ether oxygens (including phenoxy) is 1. The Bertz CT molecular complexity index is 1200. The molecule has 0 aliphatic heterocycles. The van der Waals surface area contributed by atoms with Crippen molar-refractivity contribution in [1.29, 1.82) is 0 Å². The maximum Gasteiger partial charge on any atom is 0.256 e. The SMILES string of the molecule is COc1ccc(NC(=O)c2cc(-c3ccc(C)c(C)c3)nc3ccccc23)cc1. The summed E-state index contributed by atoms with van der Waals surface area (Å²) in [5, 5.41) is 3.80. The fourth-order valence-corrected chi connectivity index (χ4v) is 3.28. The molecule has 1 aromatic heterocycles. The number of carbonyl (C=O) groups excluding carboxylic acids is 1. The Kier molecular flexibility index (Phi) is 5.00. The summed E-state index contributed by atoms with van der Waals surface area (Å²) in [6.45, 7) is 4.16. The van der Waals surface area contributed by atoms with Gasteiger partial charge in [0.15, 0.2) is 0 Å². The smallest absolute Gasteiger partial charge is 0.256 e. The van der Waals surface area contributed by atoms with Crippen LogP contribution >= 0.6 is 0 Å². The zero-order chi connectivity index (χ0) is 20.4. The molecule has 0 aliphatic carbocycles. The molecule has 0 atom stereocenters. The number of methoxy groups -OCH3 is 1. The van der Waals surface area contributed by atoms with Crippen molar-refractivity contribution in [1.82, 2.24) is 4.98 Å². The summed E-state index contributed by atoms with van der Waals surface area (Å²) in [6.07, 6.45) is 0. The van der Waals surface area contributed by atoms with Gasteiger partial charge in [0.25, 0.3) is 5.91 Å². The van der Waals surface area contributed by atoms with Crippen LogP contribution in [0.2, 0.25) is 0 Å². The highest BCUT2D eigenvalue weighted by Gasteiger charge is 2.14. The van der Waals surface area contributed by atoms with E-state index in [1.807, 2.05) is 60.7 Å².